The molecule has 45 heavy (non-hydrogen) atoms. The molecule has 2 heterocycles. The Hall–Kier alpha value is -3.95. The van der Waals surface area contributed by atoms with Gasteiger partial charge in [0.25, 0.3) is 0 Å². The van der Waals surface area contributed by atoms with Crippen LogP contribution in [0, 0.1) is 5.41 Å². The smallest absolute Gasteiger partial charge is 0.247 e. The van der Waals surface area contributed by atoms with Gasteiger partial charge < -0.3 is 25.3 Å². The van der Waals surface area contributed by atoms with Gasteiger partial charge >= 0.3 is 0 Å². The average Bonchev–Trinajstić information content (AvgIpc) is 3.34. The quantitative estimate of drug-likeness (QED) is 0.376. The minimum Gasteiger partial charge on any atom is -0.342 e. The monoisotopic (exact) mass is 631 g/mol. The summed E-state index contributed by atoms with van der Waals surface area (Å²) in [6, 6.07) is 19.5. The van der Waals surface area contributed by atoms with E-state index in [-0.39, 0.29) is 36.7 Å². The molecule has 0 saturated carbocycles. The van der Waals surface area contributed by atoms with Gasteiger partial charge in [-0.1, -0.05) is 87.0 Å². The SMILES string of the molecule is CN[C@@H](C)C(=O)N[C@H](C(=O)N1CC(=O)N2[C@@H]1CN(CCc1cccc(Cl)c1)C(=O)[C@@H]2Cc1ccc2ccccc2c1)C(C)(C)C. The van der Waals surface area contributed by atoms with Crippen molar-refractivity contribution in [1.82, 2.24) is 25.3 Å². The third-order valence-electron chi connectivity index (χ3n) is 8.90. The van der Waals surface area contributed by atoms with Crippen LogP contribution < -0.4 is 10.6 Å². The molecule has 9 nitrogen and oxygen atoms in total. The summed E-state index contributed by atoms with van der Waals surface area (Å²) >= 11 is 6.22. The third kappa shape index (κ3) is 6.99. The van der Waals surface area contributed by atoms with Gasteiger partial charge in [-0.05, 0) is 59.8 Å². The fourth-order valence-electron chi connectivity index (χ4n) is 6.20. The number of hydrogen-bond donors (Lipinski definition) is 2. The predicted octanol–water partition coefficient (Wildman–Crippen LogP) is 3.62. The molecule has 2 N–H and O–H groups in total. The first kappa shape index (κ1) is 32.4. The number of halogens is 1. The second-order valence-electron chi connectivity index (χ2n) is 13.1. The maximum Gasteiger partial charge on any atom is 0.247 e. The molecule has 4 amide bonds. The summed E-state index contributed by atoms with van der Waals surface area (Å²) in [6.07, 6.45) is 0.239. The van der Waals surface area contributed by atoms with E-state index in [1.807, 2.05) is 81.4 Å². The number of nitrogens with one attached hydrogen (secondary N) is 2. The van der Waals surface area contributed by atoms with E-state index < -0.39 is 29.7 Å². The number of nitrogens with zero attached hydrogens (tertiary/aromatic N) is 3. The lowest BCUT2D eigenvalue weighted by Gasteiger charge is -2.45. The number of benzene rings is 3. The Morgan fingerprint density at radius 2 is 1.71 bits per heavy atom. The Bertz CT molecular complexity index is 1600. The van der Waals surface area contributed by atoms with Crippen LogP contribution in [0.25, 0.3) is 10.8 Å². The third-order valence-corrected chi connectivity index (χ3v) is 9.14. The zero-order chi connectivity index (χ0) is 32.5. The number of carbonyl (C=O) groups is 4. The Balaban J connectivity index is 1.47. The van der Waals surface area contributed by atoms with Gasteiger partial charge in [0.1, 0.15) is 24.8 Å². The number of fused-ring (bicyclic) bond motifs is 2. The number of rotatable bonds is 9. The Morgan fingerprint density at radius 3 is 2.40 bits per heavy atom. The molecular formula is C35H42ClN5O4. The van der Waals surface area contributed by atoms with Crippen molar-refractivity contribution in [1.29, 1.82) is 0 Å². The minimum absolute atomic E-state index is 0.146. The van der Waals surface area contributed by atoms with E-state index in [9.17, 15) is 19.2 Å². The van der Waals surface area contributed by atoms with Gasteiger partial charge in [-0.3, -0.25) is 19.2 Å². The molecule has 0 bridgehead atoms. The van der Waals surface area contributed by atoms with Crippen LogP contribution in [0.3, 0.4) is 0 Å². The second kappa shape index (κ2) is 13.2. The van der Waals surface area contributed by atoms with E-state index in [0.29, 0.717) is 24.4 Å². The largest absolute Gasteiger partial charge is 0.342 e. The van der Waals surface area contributed by atoms with Crippen LogP contribution in [-0.4, -0.2) is 89.3 Å². The van der Waals surface area contributed by atoms with Crippen LogP contribution in [0.1, 0.15) is 38.8 Å². The molecule has 3 aromatic carbocycles. The maximum absolute atomic E-state index is 14.2. The molecule has 238 valence electrons. The standard InChI is InChI=1S/C35H42ClN5O4/c1-22(37-5)32(43)38-31(35(2,3)4)34(45)40-21-30(42)41-28(19-24-13-14-25-10-6-7-11-26(25)17-24)33(44)39(20-29(40)41)16-15-23-9-8-12-27(36)18-23/h6-14,17-18,22,28-29,31,37H,15-16,19-21H2,1-5H3,(H,38,43)/t22-,28-,29+,31+/m0/s1. The van der Waals surface area contributed by atoms with Crippen LogP contribution >= 0.6 is 11.6 Å². The molecule has 0 aliphatic carbocycles. The van der Waals surface area contributed by atoms with Crippen LogP contribution in [0.4, 0.5) is 0 Å². The van der Waals surface area contributed by atoms with Crippen LogP contribution in [0.5, 0.6) is 0 Å². The zero-order valence-electron chi connectivity index (χ0n) is 26.5. The van der Waals surface area contributed by atoms with E-state index in [1.54, 1.807) is 28.7 Å². The molecule has 2 aliphatic heterocycles. The zero-order valence-corrected chi connectivity index (χ0v) is 27.3. The summed E-state index contributed by atoms with van der Waals surface area (Å²) in [5.41, 5.74) is 1.30. The van der Waals surface area contributed by atoms with Gasteiger partial charge in [0.05, 0.1) is 12.6 Å². The number of likely N-dealkylation sites (N-methyl/N-ethyl adjacent to an activating group) is 1. The summed E-state index contributed by atoms with van der Waals surface area (Å²) in [6.45, 7) is 7.83. The summed E-state index contributed by atoms with van der Waals surface area (Å²) in [5.74, 6) is -1.06. The van der Waals surface area contributed by atoms with Gasteiger partial charge in [-0.2, -0.15) is 0 Å². The van der Waals surface area contributed by atoms with E-state index >= 15 is 0 Å². The summed E-state index contributed by atoms with van der Waals surface area (Å²) in [4.78, 5) is 59.9. The highest BCUT2D eigenvalue weighted by molar-refractivity contribution is 6.30. The normalized spacial score (nSPS) is 19.9. The lowest BCUT2D eigenvalue weighted by Crippen LogP contribution is -2.66. The van der Waals surface area contributed by atoms with Gasteiger partial charge in [-0.15, -0.1) is 0 Å². The first-order chi connectivity index (χ1) is 21.4. The van der Waals surface area contributed by atoms with Gasteiger partial charge in [0.2, 0.25) is 23.6 Å². The molecule has 3 aromatic rings. The van der Waals surface area contributed by atoms with Crippen molar-refractivity contribution in [3.8, 4) is 0 Å². The van der Waals surface area contributed by atoms with E-state index in [0.717, 1.165) is 21.9 Å². The topological polar surface area (TPSA) is 102 Å². The van der Waals surface area contributed by atoms with E-state index in [4.69, 9.17) is 11.6 Å². The molecule has 5 rings (SSSR count). The van der Waals surface area contributed by atoms with Crippen molar-refractivity contribution in [2.24, 2.45) is 5.41 Å². The maximum atomic E-state index is 14.2. The van der Waals surface area contributed by atoms with Crippen molar-refractivity contribution in [2.45, 2.75) is 64.8 Å². The molecule has 2 aliphatic rings. The molecule has 2 fully saturated rings. The lowest BCUT2D eigenvalue weighted by atomic mass is 9.85. The molecule has 0 spiro atoms. The fraction of sp³-hybridized carbons (Fsp3) is 0.429. The number of amides is 4. The first-order valence-corrected chi connectivity index (χ1v) is 15.9. The summed E-state index contributed by atoms with van der Waals surface area (Å²) in [7, 11) is 1.68. The van der Waals surface area contributed by atoms with Gasteiger partial charge in [0.15, 0.2) is 0 Å². The number of piperazine rings is 1. The van der Waals surface area contributed by atoms with Crippen molar-refractivity contribution in [3.05, 3.63) is 82.9 Å². The summed E-state index contributed by atoms with van der Waals surface area (Å²) in [5, 5.41) is 8.60. The second-order valence-corrected chi connectivity index (χ2v) is 13.6. The van der Waals surface area contributed by atoms with Crippen molar-refractivity contribution < 1.29 is 19.2 Å². The molecule has 2 saturated heterocycles. The van der Waals surface area contributed by atoms with Crippen LogP contribution in [0.15, 0.2) is 66.7 Å². The number of hydrogen-bond acceptors (Lipinski definition) is 5. The Morgan fingerprint density at radius 1 is 0.978 bits per heavy atom. The highest BCUT2D eigenvalue weighted by atomic mass is 35.5. The van der Waals surface area contributed by atoms with E-state index in [1.165, 1.54) is 0 Å². The van der Waals surface area contributed by atoms with Gasteiger partial charge in [-0.25, -0.2) is 0 Å². The predicted molar refractivity (Wildman–Crippen MR) is 175 cm³/mol. The highest BCUT2D eigenvalue weighted by Gasteiger charge is 2.53. The van der Waals surface area contributed by atoms with Crippen molar-refractivity contribution >= 4 is 46.0 Å². The first-order valence-electron chi connectivity index (χ1n) is 15.5. The Kier molecular flexibility index (Phi) is 9.51. The lowest BCUT2D eigenvalue weighted by molar-refractivity contribution is -0.156. The Labute approximate surface area is 269 Å². The molecule has 4 atom stereocenters. The van der Waals surface area contributed by atoms with Gasteiger partial charge in [0, 0.05) is 18.0 Å². The van der Waals surface area contributed by atoms with Crippen LogP contribution in [0.2, 0.25) is 5.02 Å². The van der Waals surface area contributed by atoms with Crippen molar-refractivity contribution in [3.63, 3.8) is 0 Å². The molecule has 0 unspecified atom stereocenters. The van der Waals surface area contributed by atoms with Crippen LogP contribution in [-0.2, 0) is 32.0 Å². The highest BCUT2D eigenvalue weighted by Crippen LogP contribution is 2.32. The minimum atomic E-state index is -0.870. The number of carbonyl (C=O) groups excluding carboxylic acids is 4. The molecule has 10 heteroatoms. The molecular weight excluding hydrogens is 590 g/mol. The molecule has 0 aromatic heterocycles. The average molecular weight is 632 g/mol. The molecule has 0 radical (unpaired) electrons. The fourth-order valence-corrected chi connectivity index (χ4v) is 6.42. The van der Waals surface area contributed by atoms with E-state index in [2.05, 4.69) is 16.7 Å². The van der Waals surface area contributed by atoms with Crippen molar-refractivity contribution in [2.75, 3.05) is 26.7 Å². The summed E-state index contributed by atoms with van der Waals surface area (Å²) < 4.78 is 0.